The van der Waals surface area contributed by atoms with Crippen LogP contribution in [0.15, 0.2) is 34.8 Å². The highest BCUT2D eigenvalue weighted by Crippen LogP contribution is 2.37. The second-order valence-electron chi connectivity index (χ2n) is 6.22. The molecule has 9 heteroatoms. The quantitative estimate of drug-likeness (QED) is 0.652. The van der Waals surface area contributed by atoms with Crippen molar-refractivity contribution in [2.75, 3.05) is 5.32 Å². The molecule has 1 aliphatic rings. The first-order chi connectivity index (χ1) is 12.6. The Morgan fingerprint density at radius 2 is 2.12 bits per heavy atom. The van der Waals surface area contributed by atoms with Crippen LogP contribution in [-0.2, 0) is 4.79 Å². The van der Waals surface area contributed by atoms with E-state index in [1.54, 1.807) is 11.3 Å². The molecule has 1 atom stereocenters. The molecule has 3 aromatic rings. The van der Waals surface area contributed by atoms with E-state index in [9.17, 15) is 4.79 Å². The van der Waals surface area contributed by atoms with Gasteiger partial charge in [-0.25, -0.2) is 9.67 Å². The van der Waals surface area contributed by atoms with E-state index in [1.165, 1.54) is 11.8 Å². The number of carbonyl (C=O) groups excluding carboxylic acids is 1. The predicted molar refractivity (Wildman–Crippen MR) is 102 cm³/mol. The molecule has 1 amide bonds. The number of benzene rings is 1. The fraction of sp³-hybridized carbons (Fsp3) is 0.353. The lowest BCUT2D eigenvalue weighted by atomic mass is 10.1. The Hall–Kier alpha value is -2.26. The molecule has 26 heavy (non-hydrogen) atoms. The fourth-order valence-electron chi connectivity index (χ4n) is 2.49. The van der Waals surface area contributed by atoms with Crippen molar-refractivity contribution in [3.63, 3.8) is 0 Å². The Labute approximate surface area is 159 Å². The molecule has 1 N–H and O–H groups in total. The van der Waals surface area contributed by atoms with Crippen LogP contribution in [0.4, 0.5) is 5.69 Å². The number of thioether (sulfide) groups is 1. The lowest BCUT2D eigenvalue weighted by Crippen LogP contribution is -2.23. The Bertz CT molecular complexity index is 915. The van der Waals surface area contributed by atoms with Crippen LogP contribution in [-0.4, -0.2) is 36.3 Å². The number of tetrazole rings is 1. The molecule has 0 bridgehead atoms. The largest absolute Gasteiger partial charge is 0.325 e. The summed E-state index contributed by atoms with van der Waals surface area (Å²) in [6.45, 7) is 3.85. The minimum absolute atomic E-state index is 0.0717. The summed E-state index contributed by atoms with van der Waals surface area (Å²) in [5.41, 5.74) is 2.76. The Morgan fingerprint density at radius 1 is 1.35 bits per heavy atom. The van der Waals surface area contributed by atoms with Gasteiger partial charge in [-0.05, 0) is 49.2 Å². The van der Waals surface area contributed by atoms with Crippen LogP contribution >= 0.6 is 23.1 Å². The molecule has 4 rings (SSSR count). The third kappa shape index (κ3) is 3.78. The summed E-state index contributed by atoms with van der Waals surface area (Å²) in [6.07, 6.45) is 2.20. The van der Waals surface area contributed by atoms with Crippen LogP contribution in [0.1, 0.15) is 30.8 Å². The molecule has 1 aliphatic carbocycles. The normalized spacial score (nSPS) is 15.0. The topological polar surface area (TPSA) is 85.6 Å². The van der Waals surface area contributed by atoms with Crippen molar-refractivity contribution in [3.05, 3.63) is 34.7 Å². The molecular formula is C17H18N6OS2. The summed E-state index contributed by atoms with van der Waals surface area (Å²) in [4.78, 5) is 16.9. The third-order valence-corrected chi connectivity index (χ3v) is 5.89. The van der Waals surface area contributed by atoms with E-state index in [0.29, 0.717) is 11.2 Å². The number of nitrogens with zero attached hydrogens (tertiary/aromatic N) is 5. The van der Waals surface area contributed by atoms with Gasteiger partial charge < -0.3 is 5.32 Å². The van der Waals surface area contributed by atoms with Crippen molar-refractivity contribution in [3.8, 4) is 11.3 Å². The van der Waals surface area contributed by atoms with Gasteiger partial charge in [-0.3, -0.25) is 4.79 Å². The molecule has 1 unspecified atom stereocenters. The Kier molecular flexibility index (Phi) is 4.73. The van der Waals surface area contributed by atoms with Crippen molar-refractivity contribution in [1.29, 1.82) is 0 Å². The first-order valence-corrected chi connectivity index (χ1v) is 10.1. The van der Waals surface area contributed by atoms with Crippen molar-refractivity contribution >= 4 is 34.7 Å². The van der Waals surface area contributed by atoms with E-state index in [0.717, 1.165) is 34.8 Å². The number of amides is 1. The SMILES string of the molecule is Cc1nc(-c2ccc(NC(=O)C(C)Sc3nnnn3C3CC3)cc2)cs1. The first-order valence-electron chi connectivity index (χ1n) is 8.38. The number of hydrogen-bond acceptors (Lipinski definition) is 7. The molecule has 1 saturated carbocycles. The molecule has 7 nitrogen and oxygen atoms in total. The number of thiazole rings is 1. The van der Waals surface area contributed by atoms with Crippen LogP contribution in [0.5, 0.6) is 0 Å². The van der Waals surface area contributed by atoms with Gasteiger partial charge in [0.2, 0.25) is 11.1 Å². The van der Waals surface area contributed by atoms with Crippen molar-refractivity contribution in [2.24, 2.45) is 0 Å². The van der Waals surface area contributed by atoms with Crippen molar-refractivity contribution in [2.45, 2.75) is 43.1 Å². The second kappa shape index (κ2) is 7.16. The maximum absolute atomic E-state index is 12.5. The number of anilines is 1. The predicted octanol–water partition coefficient (Wildman–Crippen LogP) is 3.56. The highest BCUT2D eigenvalue weighted by atomic mass is 32.2. The molecule has 0 spiro atoms. The molecule has 0 saturated heterocycles. The maximum atomic E-state index is 12.5. The van der Waals surface area contributed by atoms with Gasteiger partial charge in [0.1, 0.15) is 0 Å². The zero-order valence-corrected chi connectivity index (χ0v) is 16.0. The summed E-state index contributed by atoms with van der Waals surface area (Å²) in [6, 6.07) is 8.12. The van der Waals surface area contributed by atoms with Gasteiger partial charge in [-0.1, -0.05) is 23.9 Å². The van der Waals surface area contributed by atoms with E-state index >= 15 is 0 Å². The Morgan fingerprint density at radius 3 is 2.77 bits per heavy atom. The van der Waals surface area contributed by atoms with Gasteiger partial charge in [0.05, 0.1) is 22.0 Å². The monoisotopic (exact) mass is 386 g/mol. The van der Waals surface area contributed by atoms with Gasteiger partial charge in [0.15, 0.2) is 0 Å². The summed E-state index contributed by atoms with van der Waals surface area (Å²) >= 11 is 3.01. The third-order valence-electron chi connectivity index (χ3n) is 4.07. The van der Waals surface area contributed by atoms with Crippen LogP contribution in [0.3, 0.4) is 0 Å². The van der Waals surface area contributed by atoms with Gasteiger partial charge in [-0.2, -0.15) is 0 Å². The van der Waals surface area contributed by atoms with Crippen molar-refractivity contribution in [1.82, 2.24) is 25.2 Å². The zero-order valence-electron chi connectivity index (χ0n) is 14.4. The molecule has 0 aliphatic heterocycles. The van der Waals surface area contributed by atoms with Gasteiger partial charge in [0, 0.05) is 16.6 Å². The maximum Gasteiger partial charge on any atom is 0.237 e. The van der Waals surface area contributed by atoms with E-state index < -0.39 is 0 Å². The van der Waals surface area contributed by atoms with E-state index in [-0.39, 0.29) is 11.2 Å². The second-order valence-corrected chi connectivity index (χ2v) is 8.59. The van der Waals surface area contributed by atoms with Gasteiger partial charge in [0.25, 0.3) is 0 Å². The highest BCUT2D eigenvalue weighted by molar-refractivity contribution is 8.00. The first kappa shape index (κ1) is 17.2. The minimum atomic E-state index is -0.292. The number of hydrogen-bond donors (Lipinski definition) is 1. The number of aryl methyl sites for hydroxylation is 1. The molecule has 2 aromatic heterocycles. The average Bonchev–Trinajstić information content (AvgIpc) is 3.22. The summed E-state index contributed by atoms with van der Waals surface area (Å²) in [5.74, 6) is -0.0717. The lowest BCUT2D eigenvalue weighted by Gasteiger charge is -2.11. The number of rotatable bonds is 6. The van der Waals surface area contributed by atoms with E-state index in [4.69, 9.17) is 0 Å². The highest BCUT2D eigenvalue weighted by Gasteiger charge is 2.29. The van der Waals surface area contributed by atoms with Crippen LogP contribution in [0, 0.1) is 6.92 Å². The van der Waals surface area contributed by atoms with E-state index in [2.05, 4.69) is 25.8 Å². The number of aromatic nitrogens is 5. The number of nitrogens with one attached hydrogen (secondary N) is 1. The average molecular weight is 387 g/mol. The summed E-state index contributed by atoms with van der Waals surface area (Å²) < 4.78 is 1.82. The summed E-state index contributed by atoms with van der Waals surface area (Å²) in [7, 11) is 0. The van der Waals surface area contributed by atoms with Gasteiger partial charge >= 0.3 is 0 Å². The van der Waals surface area contributed by atoms with Crippen LogP contribution < -0.4 is 5.32 Å². The Balaban J connectivity index is 1.38. The molecule has 134 valence electrons. The fourth-order valence-corrected chi connectivity index (χ4v) is 3.97. The molecule has 1 fully saturated rings. The number of carbonyl (C=O) groups is 1. The smallest absolute Gasteiger partial charge is 0.237 e. The van der Waals surface area contributed by atoms with Crippen molar-refractivity contribution < 1.29 is 4.79 Å². The molecule has 0 radical (unpaired) electrons. The molecular weight excluding hydrogens is 368 g/mol. The zero-order chi connectivity index (χ0) is 18.1. The standard InChI is InChI=1S/C17H18N6OS2/c1-10(26-17-20-21-22-23(17)14-7-8-14)16(24)19-13-5-3-12(4-6-13)15-9-25-11(2)18-15/h3-6,9-10,14H,7-8H2,1-2H3,(H,19,24). The minimum Gasteiger partial charge on any atom is -0.325 e. The lowest BCUT2D eigenvalue weighted by molar-refractivity contribution is -0.115. The molecule has 2 heterocycles. The summed E-state index contributed by atoms with van der Waals surface area (Å²) in [5, 5.41) is 18.2. The molecule has 1 aromatic carbocycles. The van der Waals surface area contributed by atoms with E-state index in [1.807, 2.05) is 48.2 Å². The van der Waals surface area contributed by atoms with Gasteiger partial charge in [-0.15, -0.1) is 16.4 Å². The van der Waals surface area contributed by atoms with Crippen LogP contribution in [0.25, 0.3) is 11.3 Å². The van der Waals surface area contributed by atoms with Crippen LogP contribution in [0.2, 0.25) is 0 Å².